The summed E-state index contributed by atoms with van der Waals surface area (Å²) in [6.07, 6.45) is 6.61. The van der Waals surface area contributed by atoms with Crippen molar-refractivity contribution in [2.45, 2.75) is 51.4 Å². The molecule has 0 spiro atoms. The monoisotopic (exact) mass is 260 g/mol. The van der Waals surface area contributed by atoms with Crippen LogP contribution in [-0.4, -0.2) is 12.6 Å². The Morgan fingerprint density at radius 2 is 1.84 bits per heavy atom. The molecule has 19 heavy (non-hydrogen) atoms. The molecule has 0 bridgehead atoms. The number of rotatable bonds is 5. The summed E-state index contributed by atoms with van der Waals surface area (Å²) < 4.78 is 4.98. The van der Waals surface area contributed by atoms with Gasteiger partial charge < -0.3 is 4.74 Å². The number of hydrogen-bond donors (Lipinski definition) is 0. The second kappa shape index (κ2) is 7.32. The molecule has 0 heterocycles. The van der Waals surface area contributed by atoms with Crippen LogP contribution in [0.3, 0.4) is 0 Å². The Balaban J connectivity index is 1.72. The Morgan fingerprint density at radius 3 is 2.47 bits per heavy atom. The maximum Gasteiger partial charge on any atom is 0.305 e. The van der Waals surface area contributed by atoms with Crippen LogP contribution >= 0.6 is 0 Å². The number of benzene rings is 1. The number of carbonyl (C=O) groups excluding carboxylic acids is 1. The molecule has 0 saturated heterocycles. The molecule has 2 rings (SSSR count). The van der Waals surface area contributed by atoms with Gasteiger partial charge in [-0.25, -0.2) is 0 Å². The quantitative estimate of drug-likeness (QED) is 0.738. The van der Waals surface area contributed by atoms with Crippen LogP contribution in [0.15, 0.2) is 30.3 Å². The molecule has 104 valence electrons. The summed E-state index contributed by atoms with van der Waals surface area (Å²) in [6.45, 7) is 2.36. The molecule has 0 amide bonds. The summed E-state index contributed by atoms with van der Waals surface area (Å²) in [5.74, 6) is 1.40. The molecule has 1 saturated carbocycles. The molecule has 0 radical (unpaired) electrons. The molecule has 0 N–H and O–H groups in total. The van der Waals surface area contributed by atoms with E-state index in [1.807, 2.05) is 6.92 Å². The fourth-order valence-electron chi connectivity index (χ4n) is 3.06. The first-order valence-corrected chi connectivity index (χ1v) is 7.50. The third-order valence-corrected chi connectivity index (χ3v) is 4.18. The van der Waals surface area contributed by atoms with E-state index in [9.17, 15) is 4.79 Å². The fraction of sp³-hybridized carbons (Fsp3) is 0.588. The van der Waals surface area contributed by atoms with Crippen LogP contribution in [0.1, 0.15) is 56.9 Å². The highest BCUT2D eigenvalue weighted by atomic mass is 16.5. The van der Waals surface area contributed by atoms with Crippen molar-refractivity contribution in [3.8, 4) is 0 Å². The zero-order chi connectivity index (χ0) is 13.5. The number of ether oxygens (including phenoxy) is 1. The highest BCUT2D eigenvalue weighted by Gasteiger charge is 2.22. The Hall–Kier alpha value is -1.31. The predicted octanol–water partition coefficient (Wildman–Crippen LogP) is 4.30. The van der Waals surface area contributed by atoms with Gasteiger partial charge in [-0.3, -0.25) is 4.79 Å². The topological polar surface area (TPSA) is 26.3 Å². The molecule has 1 fully saturated rings. The van der Waals surface area contributed by atoms with Gasteiger partial charge in [-0.05, 0) is 56.4 Å². The highest BCUT2D eigenvalue weighted by molar-refractivity contribution is 5.69. The molecule has 2 nitrogen and oxygen atoms in total. The van der Waals surface area contributed by atoms with Crippen molar-refractivity contribution in [1.82, 2.24) is 0 Å². The van der Waals surface area contributed by atoms with E-state index in [4.69, 9.17) is 4.74 Å². The lowest BCUT2D eigenvalue weighted by molar-refractivity contribution is -0.143. The molecule has 1 aromatic rings. The van der Waals surface area contributed by atoms with Crippen molar-refractivity contribution >= 4 is 5.97 Å². The lowest BCUT2D eigenvalue weighted by Crippen LogP contribution is -2.15. The van der Waals surface area contributed by atoms with Gasteiger partial charge in [0.1, 0.15) is 0 Å². The van der Waals surface area contributed by atoms with E-state index in [1.54, 1.807) is 0 Å². The van der Waals surface area contributed by atoms with Crippen LogP contribution in [0.25, 0.3) is 0 Å². The Kier molecular flexibility index (Phi) is 5.44. The maximum absolute atomic E-state index is 11.3. The van der Waals surface area contributed by atoms with Crippen LogP contribution in [-0.2, 0) is 9.53 Å². The van der Waals surface area contributed by atoms with Crippen LogP contribution < -0.4 is 0 Å². The summed E-state index contributed by atoms with van der Waals surface area (Å²) in [5, 5.41) is 0. The first-order valence-electron chi connectivity index (χ1n) is 7.50. The van der Waals surface area contributed by atoms with Gasteiger partial charge in [0.15, 0.2) is 0 Å². The summed E-state index contributed by atoms with van der Waals surface area (Å²) in [6, 6.07) is 10.8. The van der Waals surface area contributed by atoms with Gasteiger partial charge in [0.2, 0.25) is 0 Å². The Labute approximate surface area is 116 Å². The summed E-state index contributed by atoms with van der Waals surface area (Å²) in [5.41, 5.74) is 1.48. The zero-order valence-electron chi connectivity index (χ0n) is 11.8. The molecule has 0 atom stereocenters. The molecule has 1 aliphatic carbocycles. The molecular weight excluding hydrogens is 236 g/mol. The van der Waals surface area contributed by atoms with Gasteiger partial charge in [-0.1, -0.05) is 30.3 Å². The fourth-order valence-corrected chi connectivity index (χ4v) is 3.06. The molecule has 1 aromatic carbocycles. The third-order valence-electron chi connectivity index (χ3n) is 4.18. The summed E-state index contributed by atoms with van der Waals surface area (Å²) in [4.78, 5) is 11.3. The maximum atomic E-state index is 11.3. The minimum absolute atomic E-state index is 0.0346. The first kappa shape index (κ1) is 14.1. The van der Waals surface area contributed by atoms with Gasteiger partial charge in [0, 0.05) is 6.42 Å². The smallest absolute Gasteiger partial charge is 0.305 e. The summed E-state index contributed by atoms with van der Waals surface area (Å²) >= 11 is 0. The van der Waals surface area contributed by atoms with Gasteiger partial charge in [-0.2, -0.15) is 0 Å². The van der Waals surface area contributed by atoms with Crippen LogP contribution in [0, 0.1) is 5.92 Å². The Morgan fingerprint density at radius 1 is 1.16 bits per heavy atom. The molecule has 2 heteroatoms. The van der Waals surface area contributed by atoms with E-state index in [0.29, 0.717) is 18.9 Å². The molecular formula is C17H24O2. The second-order valence-electron chi connectivity index (χ2n) is 5.47. The lowest BCUT2D eigenvalue weighted by atomic mass is 9.77. The normalized spacial score (nSPS) is 23.0. The van der Waals surface area contributed by atoms with E-state index < -0.39 is 0 Å². The van der Waals surface area contributed by atoms with Crippen LogP contribution in [0.5, 0.6) is 0 Å². The average Bonchev–Trinajstić information content (AvgIpc) is 2.47. The van der Waals surface area contributed by atoms with Crippen molar-refractivity contribution < 1.29 is 9.53 Å². The molecule has 1 aliphatic rings. The van der Waals surface area contributed by atoms with Crippen molar-refractivity contribution in [2.24, 2.45) is 5.92 Å². The molecule has 0 aliphatic heterocycles. The number of carbonyl (C=O) groups is 1. The van der Waals surface area contributed by atoms with Crippen molar-refractivity contribution in [1.29, 1.82) is 0 Å². The van der Waals surface area contributed by atoms with Crippen molar-refractivity contribution in [3.63, 3.8) is 0 Å². The van der Waals surface area contributed by atoms with E-state index >= 15 is 0 Å². The standard InChI is InChI=1S/C17H24O2/c1-2-19-17(18)13-10-14-8-11-16(12-9-14)15-6-4-3-5-7-15/h3-7,14,16H,2,8-13H2,1H3. The highest BCUT2D eigenvalue weighted by Crippen LogP contribution is 2.37. The zero-order valence-corrected chi connectivity index (χ0v) is 11.8. The van der Waals surface area contributed by atoms with E-state index in [0.717, 1.165) is 12.3 Å². The van der Waals surface area contributed by atoms with Crippen molar-refractivity contribution in [2.75, 3.05) is 6.61 Å². The van der Waals surface area contributed by atoms with E-state index in [1.165, 1.54) is 31.2 Å². The summed E-state index contributed by atoms with van der Waals surface area (Å²) in [7, 11) is 0. The molecule has 0 aromatic heterocycles. The predicted molar refractivity (Wildman–Crippen MR) is 77.0 cm³/mol. The minimum Gasteiger partial charge on any atom is -0.466 e. The van der Waals surface area contributed by atoms with Crippen LogP contribution in [0.4, 0.5) is 0 Å². The third kappa shape index (κ3) is 4.38. The first-order chi connectivity index (χ1) is 9.29. The largest absolute Gasteiger partial charge is 0.466 e. The minimum atomic E-state index is -0.0346. The van der Waals surface area contributed by atoms with E-state index in [-0.39, 0.29) is 5.97 Å². The SMILES string of the molecule is CCOC(=O)CCC1CCC(c2ccccc2)CC1. The number of esters is 1. The molecule has 0 unspecified atom stereocenters. The van der Waals surface area contributed by atoms with Crippen LogP contribution in [0.2, 0.25) is 0 Å². The van der Waals surface area contributed by atoms with Gasteiger partial charge >= 0.3 is 5.97 Å². The van der Waals surface area contributed by atoms with Gasteiger partial charge in [-0.15, -0.1) is 0 Å². The second-order valence-corrected chi connectivity index (χ2v) is 5.47. The van der Waals surface area contributed by atoms with Gasteiger partial charge in [0.05, 0.1) is 6.61 Å². The van der Waals surface area contributed by atoms with Gasteiger partial charge in [0.25, 0.3) is 0 Å². The van der Waals surface area contributed by atoms with Crippen molar-refractivity contribution in [3.05, 3.63) is 35.9 Å². The number of hydrogen-bond acceptors (Lipinski definition) is 2. The Bertz CT molecular complexity index is 378. The van der Waals surface area contributed by atoms with E-state index in [2.05, 4.69) is 30.3 Å². The average molecular weight is 260 g/mol. The lowest BCUT2D eigenvalue weighted by Gasteiger charge is -2.28.